The molecule has 7 heteroatoms. The zero-order chi connectivity index (χ0) is 19.9. The van der Waals surface area contributed by atoms with E-state index in [1.807, 2.05) is 31.2 Å². The van der Waals surface area contributed by atoms with E-state index >= 15 is 0 Å². The van der Waals surface area contributed by atoms with Gasteiger partial charge >= 0.3 is 0 Å². The van der Waals surface area contributed by atoms with E-state index in [1.54, 1.807) is 24.3 Å². The molecule has 2 rings (SSSR count). The fraction of sp³-hybridized carbons (Fsp3) is 0.350. The summed E-state index contributed by atoms with van der Waals surface area (Å²) in [7, 11) is -0.449. The molecular weight excluding hydrogens is 364 g/mol. The Morgan fingerprint density at radius 2 is 1.74 bits per heavy atom. The van der Waals surface area contributed by atoms with Gasteiger partial charge in [0.1, 0.15) is 5.75 Å². The number of hydrogen-bond donors (Lipinski definition) is 1. The van der Waals surface area contributed by atoms with Crippen LogP contribution in [0.25, 0.3) is 0 Å². The number of para-hydroxylation sites is 1. The van der Waals surface area contributed by atoms with Gasteiger partial charge in [-0.2, -0.15) is 0 Å². The first-order chi connectivity index (χ1) is 12.8. The average molecular weight is 391 g/mol. The Hall–Kier alpha value is -2.38. The lowest BCUT2D eigenvalue weighted by Gasteiger charge is -2.12. The summed E-state index contributed by atoms with van der Waals surface area (Å²) in [5, 5.41) is 2.84. The Morgan fingerprint density at radius 1 is 1.07 bits per heavy atom. The molecule has 1 amide bonds. The molecular formula is C20H26N2O4S. The molecule has 2 aromatic rings. The summed E-state index contributed by atoms with van der Waals surface area (Å²) >= 11 is 0. The number of nitrogens with one attached hydrogen (secondary N) is 1. The lowest BCUT2D eigenvalue weighted by Crippen LogP contribution is -2.23. The topological polar surface area (TPSA) is 75.7 Å². The van der Waals surface area contributed by atoms with Crippen LogP contribution in [0, 0.1) is 6.92 Å². The zero-order valence-corrected chi connectivity index (χ0v) is 16.8. The smallest absolute Gasteiger partial charge is 0.242 e. The highest BCUT2D eigenvalue weighted by atomic mass is 32.2. The van der Waals surface area contributed by atoms with E-state index in [0.717, 1.165) is 16.9 Å². The summed E-state index contributed by atoms with van der Waals surface area (Å²) in [6.45, 7) is 2.83. The van der Waals surface area contributed by atoms with Crippen LogP contribution in [0.1, 0.15) is 24.0 Å². The largest absolute Gasteiger partial charge is 0.493 e. The molecule has 0 aliphatic carbocycles. The highest BCUT2D eigenvalue weighted by Gasteiger charge is 2.16. The molecule has 1 N–H and O–H groups in total. The van der Waals surface area contributed by atoms with E-state index in [2.05, 4.69) is 5.32 Å². The molecule has 0 heterocycles. The van der Waals surface area contributed by atoms with Crippen molar-refractivity contribution in [3.05, 3.63) is 59.7 Å². The van der Waals surface area contributed by atoms with E-state index in [4.69, 9.17) is 4.74 Å². The predicted octanol–water partition coefficient (Wildman–Crippen LogP) is 2.72. The minimum absolute atomic E-state index is 0.0617. The van der Waals surface area contributed by atoms with Crippen LogP contribution in [0.2, 0.25) is 0 Å². The first-order valence-corrected chi connectivity index (χ1v) is 10.2. The van der Waals surface area contributed by atoms with Gasteiger partial charge in [0.25, 0.3) is 0 Å². The maximum atomic E-state index is 12.0. The van der Waals surface area contributed by atoms with Crippen molar-refractivity contribution in [1.82, 2.24) is 9.62 Å². The fourth-order valence-corrected chi connectivity index (χ4v) is 3.31. The first kappa shape index (κ1) is 20.9. The van der Waals surface area contributed by atoms with E-state index in [-0.39, 0.29) is 10.8 Å². The number of nitrogens with zero attached hydrogens (tertiary/aromatic N) is 1. The molecule has 0 spiro atoms. The van der Waals surface area contributed by atoms with Crippen LogP contribution in [0.4, 0.5) is 0 Å². The Balaban J connectivity index is 1.73. The maximum Gasteiger partial charge on any atom is 0.242 e. The lowest BCUT2D eigenvalue weighted by molar-refractivity contribution is -0.121. The van der Waals surface area contributed by atoms with Gasteiger partial charge in [0.05, 0.1) is 11.5 Å². The van der Waals surface area contributed by atoms with E-state index in [9.17, 15) is 13.2 Å². The highest BCUT2D eigenvalue weighted by Crippen LogP contribution is 2.16. The Kier molecular flexibility index (Phi) is 7.38. The number of rotatable bonds is 9. The Morgan fingerprint density at radius 3 is 2.37 bits per heavy atom. The second-order valence-electron chi connectivity index (χ2n) is 6.43. The summed E-state index contributed by atoms with van der Waals surface area (Å²) in [5.74, 6) is 0.777. The lowest BCUT2D eigenvalue weighted by atomic mass is 10.2. The van der Waals surface area contributed by atoms with Crippen molar-refractivity contribution in [2.24, 2.45) is 0 Å². The van der Waals surface area contributed by atoms with Crippen molar-refractivity contribution in [2.45, 2.75) is 31.2 Å². The number of sulfonamides is 1. The maximum absolute atomic E-state index is 12.0. The summed E-state index contributed by atoms with van der Waals surface area (Å²) in [6, 6.07) is 14.3. The van der Waals surface area contributed by atoms with Crippen LogP contribution >= 0.6 is 0 Å². The van der Waals surface area contributed by atoms with Gasteiger partial charge in [-0.05, 0) is 42.7 Å². The van der Waals surface area contributed by atoms with Crippen LogP contribution in [-0.4, -0.2) is 39.3 Å². The molecule has 27 heavy (non-hydrogen) atoms. The summed E-state index contributed by atoms with van der Waals surface area (Å²) in [6.07, 6.45) is 0.999. The second kappa shape index (κ2) is 9.53. The van der Waals surface area contributed by atoms with Crippen molar-refractivity contribution >= 4 is 15.9 Å². The quantitative estimate of drug-likeness (QED) is 0.668. The molecule has 0 saturated heterocycles. The van der Waals surface area contributed by atoms with Crippen LogP contribution in [0.3, 0.4) is 0 Å². The molecule has 0 aliphatic rings. The molecule has 0 fully saturated rings. The third kappa shape index (κ3) is 6.08. The summed E-state index contributed by atoms with van der Waals surface area (Å²) in [4.78, 5) is 12.2. The third-order valence-electron chi connectivity index (χ3n) is 4.09. The minimum atomic E-state index is -3.43. The molecule has 146 valence electrons. The Labute approximate surface area is 161 Å². The number of benzene rings is 2. The number of aryl methyl sites for hydroxylation is 1. The first-order valence-electron chi connectivity index (χ1n) is 8.77. The van der Waals surface area contributed by atoms with Crippen molar-refractivity contribution < 1.29 is 17.9 Å². The van der Waals surface area contributed by atoms with Gasteiger partial charge in [-0.15, -0.1) is 0 Å². The third-order valence-corrected chi connectivity index (χ3v) is 5.92. The molecule has 0 radical (unpaired) electrons. The number of hydrogen-bond acceptors (Lipinski definition) is 4. The number of carbonyl (C=O) groups excluding carboxylic acids is 1. The molecule has 0 saturated carbocycles. The van der Waals surface area contributed by atoms with Gasteiger partial charge in [0.15, 0.2) is 0 Å². The SMILES string of the molecule is Cc1ccccc1OCCCC(=O)NCc1ccc(S(=O)(=O)N(C)C)cc1. The number of ether oxygens (including phenoxy) is 1. The second-order valence-corrected chi connectivity index (χ2v) is 8.58. The van der Waals surface area contributed by atoms with Crippen molar-refractivity contribution in [1.29, 1.82) is 0 Å². The monoisotopic (exact) mass is 390 g/mol. The van der Waals surface area contributed by atoms with Crippen molar-refractivity contribution in [2.75, 3.05) is 20.7 Å². The van der Waals surface area contributed by atoms with Crippen molar-refractivity contribution in [3.63, 3.8) is 0 Å². The average Bonchev–Trinajstić information content (AvgIpc) is 2.65. The number of carbonyl (C=O) groups is 1. The van der Waals surface area contributed by atoms with Crippen molar-refractivity contribution in [3.8, 4) is 5.75 Å². The van der Waals surface area contributed by atoms with Gasteiger partial charge in [-0.25, -0.2) is 12.7 Å². The van der Waals surface area contributed by atoms with E-state index < -0.39 is 10.0 Å². The van der Waals surface area contributed by atoms with Crippen LogP contribution in [0.5, 0.6) is 5.75 Å². The molecule has 0 bridgehead atoms. The van der Waals surface area contributed by atoms with E-state index in [0.29, 0.717) is 26.0 Å². The highest BCUT2D eigenvalue weighted by molar-refractivity contribution is 7.89. The number of amides is 1. The molecule has 6 nitrogen and oxygen atoms in total. The summed E-state index contributed by atoms with van der Waals surface area (Å²) < 4.78 is 30.9. The van der Waals surface area contributed by atoms with Crippen LogP contribution in [-0.2, 0) is 21.4 Å². The molecule has 0 aromatic heterocycles. The fourth-order valence-electron chi connectivity index (χ4n) is 2.41. The van der Waals surface area contributed by atoms with E-state index in [1.165, 1.54) is 18.4 Å². The normalized spacial score (nSPS) is 11.4. The van der Waals surface area contributed by atoms with Gasteiger partial charge in [0, 0.05) is 27.1 Å². The molecule has 2 aromatic carbocycles. The van der Waals surface area contributed by atoms with Crippen LogP contribution in [0.15, 0.2) is 53.4 Å². The van der Waals surface area contributed by atoms with Gasteiger partial charge < -0.3 is 10.1 Å². The van der Waals surface area contributed by atoms with Gasteiger partial charge in [-0.3, -0.25) is 4.79 Å². The molecule has 0 atom stereocenters. The Bertz CT molecular complexity index is 862. The standard InChI is InChI=1S/C20H26N2O4S/c1-16-7-4-5-8-19(16)26-14-6-9-20(23)21-15-17-10-12-18(13-11-17)27(24,25)22(2)3/h4-5,7-8,10-13H,6,9,14-15H2,1-3H3,(H,21,23). The van der Waals surface area contributed by atoms with Gasteiger partial charge in [-0.1, -0.05) is 30.3 Å². The predicted molar refractivity (Wildman–Crippen MR) is 105 cm³/mol. The van der Waals surface area contributed by atoms with Crippen LogP contribution < -0.4 is 10.1 Å². The molecule has 0 aliphatic heterocycles. The minimum Gasteiger partial charge on any atom is -0.493 e. The van der Waals surface area contributed by atoms with Gasteiger partial charge in [0.2, 0.25) is 15.9 Å². The zero-order valence-electron chi connectivity index (χ0n) is 15.9. The molecule has 0 unspecified atom stereocenters. The summed E-state index contributed by atoms with van der Waals surface area (Å²) in [5.41, 5.74) is 1.92.